The molecule has 0 unspecified atom stereocenters. The van der Waals surface area contributed by atoms with Crippen LogP contribution < -0.4 is 4.74 Å². The van der Waals surface area contributed by atoms with Gasteiger partial charge in [-0.15, -0.1) is 0 Å². The van der Waals surface area contributed by atoms with Crippen molar-refractivity contribution in [3.05, 3.63) is 65.7 Å². The maximum atomic E-state index is 12.2. The van der Waals surface area contributed by atoms with Crippen LogP contribution in [0.2, 0.25) is 0 Å². The summed E-state index contributed by atoms with van der Waals surface area (Å²) >= 11 is 0. The number of carbonyl (C=O) groups is 2. The lowest BCUT2D eigenvalue weighted by Crippen LogP contribution is -2.06. The Labute approximate surface area is 116 Å². The zero-order chi connectivity index (χ0) is 14.2. The SMILES string of the molecule is O=COCCOc1ccc(C(=O)c2ccccc2)cc1. The number of carbonyl (C=O) groups excluding carboxylic acids is 2. The first-order valence-corrected chi connectivity index (χ1v) is 6.19. The summed E-state index contributed by atoms with van der Waals surface area (Å²) in [6.45, 7) is 0.865. The fourth-order valence-electron chi connectivity index (χ4n) is 1.71. The largest absolute Gasteiger partial charge is 0.490 e. The van der Waals surface area contributed by atoms with Crippen LogP contribution in [0.1, 0.15) is 15.9 Å². The number of hydrogen-bond donors (Lipinski definition) is 0. The average molecular weight is 270 g/mol. The highest BCUT2D eigenvalue weighted by Crippen LogP contribution is 2.15. The summed E-state index contributed by atoms with van der Waals surface area (Å²) in [5, 5.41) is 0. The van der Waals surface area contributed by atoms with Crippen molar-refractivity contribution >= 4 is 12.3 Å². The van der Waals surface area contributed by atoms with Gasteiger partial charge in [0.2, 0.25) is 0 Å². The first-order valence-electron chi connectivity index (χ1n) is 6.19. The van der Waals surface area contributed by atoms with Crippen LogP contribution in [0, 0.1) is 0 Å². The van der Waals surface area contributed by atoms with E-state index in [2.05, 4.69) is 4.74 Å². The van der Waals surface area contributed by atoms with Crippen LogP contribution >= 0.6 is 0 Å². The summed E-state index contributed by atoms with van der Waals surface area (Å²) in [4.78, 5) is 22.1. The number of hydrogen-bond acceptors (Lipinski definition) is 4. The monoisotopic (exact) mass is 270 g/mol. The van der Waals surface area contributed by atoms with Gasteiger partial charge in [-0.2, -0.15) is 0 Å². The molecule has 4 nitrogen and oxygen atoms in total. The summed E-state index contributed by atoms with van der Waals surface area (Å²) in [6, 6.07) is 16.0. The van der Waals surface area contributed by atoms with E-state index in [0.29, 0.717) is 23.3 Å². The summed E-state index contributed by atoms with van der Waals surface area (Å²) < 4.78 is 9.87. The minimum atomic E-state index is -0.0264. The van der Waals surface area contributed by atoms with Crippen LogP contribution in [0.15, 0.2) is 54.6 Å². The molecule has 0 N–H and O–H groups in total. The van der Waals surface area contributed by atoms with E-state index in [4.69, 9.17) is 4.74 Å². The molecule has 0 heterocycles. The molecule has 20 heavy (non-hydrogen) atoms. The molecule has 0 aliphatic carbocycles. The van der Waals surface area contributed by atoms with Crippen molar-refractivity contribution in [2.45, 2.75) is 0 Å². The molecule has 102 valence electrons. The van der Waals surface area contributed by atoms with Gasteiger partial charge in [-0.05, 0) is 24.3 Å². The Kier molecular flexibility index (Phi) is 4.89. The zero-order valence-electron chi connectivity index (χ0n) is 10.8. The highest BCUT2D eigenvalue weighted by atomic mass is 16.5. The molecule has 0 aliphatic rings. The number of rotatable bonds is 7. The van der Waals surface area contributed by atoms with Crippen molar-refractivity contribution in [1.29, 1.82) is 0 Å². The third-order valence-corrected chi connectivity index (χ3v) is 2.69. The van der Waals surface area contributed by atoms with E-state index in [-0.39, 0.29) is 19.0 Å². The van der Waals surface area contributed by atoms with Gasteiger partial charge in [-0.25, -0.2) is 0 Å². The van der Waals surface area contributed by atoms with Gasteiger partial charge in [0.05, 0.1) is 0 Å². The summed E-state index contributed by atoms with van der Waals surface area (Å²) in [6.07, 6.45) is 0. The van der Waals surface area contributed by atoms with E-state index in [1.165, 1.54) is 0 Å². The molecule has 0 atom stereocenters. The van der Waals surface area contributed by atoms with Crippen LogP contribution in [-0.2, 0) is 9.53 Å². The van der Waals surface area contributed by atoms with E-state index >= 15 is 0 Å². The third-order valence-electron chi connectivity index (χ3n) is 2.69. The van der Waals surface area contributed by atoms with Gasteiger partial charge in [0.1, 0.15) is 19.0 Å². The Morgan fingerprint density at radius 3 is 2.20 bits per heavy atom. The molecule has 0 saturated heterocycles. The van der Waals surface area contributed by atoms with Crippen molar-refractivity contribution < 1.29 is 19.1 Å². The lowest BCUT2D eigenvalue weighted by Gasteiger charge is -2.06. The Morgan fingerprint density at radius 1 is 0.900 bits per heavy atom. The van der Waals surface area contributed by atoms with Crippen molar-refractivity contribution in [2.24, 2.45) is 0 Å². The highest BCUT2D eigenvalue weighted by molar-refractivity contribution is 6.08. The second-order valence-electron chi connectivity index (χ2n) is 4.04. The predicted octanol–water partition coefficient (Wildman–Crippen LogP) is 2.47. The molecule has 0 aliphatic heterocycles. The van der Waals surface area contributed by atoms with Crippen LogP contribution in [0.25, 0.3) is 0 Å². The van der Waals surface area contributed by atoms with Gasteiger partial charge in [0, 0.05) is 11.1 Å². The highest BCUT2D eigenvalue weighted by Gasteiger charge is 2.08. The fourth-order valence-corrected chi connectivity index (χ4v) is 1.71. The Morgan fingerprint density at radius 2 is 1.55 bits per heavy atom. The average Bonchev–Trinajstić information content (AvgIpc) is 2.52. The minimum Gasteiger partial charge on any atom is -0.490 e. The van der Waals surface area contributed by atoms with Crippen molar-refractivity contribution in [3.63, 3.8) is 0 Å². The van der Waals surface area contributed by atoms with E-state index < -0.39 is 0 Å². The Balaban J connectivity index is 1.97. The Hall–Kier alpha value is -2.62. The second-order valence-corrected chi connectivity index (χ2v) is 4.04. The van der Waals surface area contributed by atoms with Crippen LogP contribution in [-0.4, -0.2) is 25.5 Å². The van der Waals surface area contributed by atoms with Crippen LogP contribution in [0.3, 0.4) is 0 Å². The Bertz CT molecular complexity index is 561. The van der Waals surface area contributed by atoms with E-state index in [1.54, 1.807) is 36.4 Å². The van der Waals surface area contributed by atoms with Gasteiger partial charge >= 0.3 is 0 Å². The molecule has 2 aromatic carbocycles. The standard InChI is InChI=1S/C16H14O4/c17-12-19-10-11-20-15-8-6-14(7-9-15)16(18)13-4-2-1-3-5-13/h1-9,12H,10-11H2. The summed E-state index contributed by atoms with van der Waals surface area (Å²) in [5.41, 5.74) is 1.26. The molecular weight excluding hydrogens is 256 g/mol. The quantitative estimate of drug-likeness (QED) is 0.440. The predicted molar refractivity (Wildman–Crippen MR) is 73.8 cm³/mol. The first-order chi connectivity index (χ1) is 9.81. The summed E-state index contributed by atoms with van der Waals surface area (Å²) in [5.74, 6) is 0.602. The van der Waals surface area contributed by atoms with Gasteiger partial charge in [-0.3, -0.25) is 9.59 Å². The first kappa shape index (κ1) is 13.8. The summed E-state index contributed by atoms with van der Waals surface area (Å²) in [7, 11) is 0. The smallest absolute Gasteiger partial charge is 0.293 e. The number of benzene rings is 2. The van der Waals surface area contributed by atoms with Gasteiger partial charge in [0.15, 0.2) is 5.78 Å². The molecule has 0 bridgehead atoms. The van der Waals surface area contributed by atoms with Crippen molar-refractivity contribution in [1.82, 2.24) is 0 Å². The molecule has 0 saturated carbocycles. The van der Waals surface area contributed by atoms with Gasteiger partial charge < -0.3 is 9.47 Å². The lowest BCUT2D eigenvalue weighted by molar-refractivity contribution is -0.129. The lowest BCUT2D eigenvalue weighted by atomic mass is 10.0. The normalized spacial score (nSPS) is 9.80. The number of ether oxygens (including phenoxy) is 2. The van der Waals surface area contributed by atoms with E-state index in [9.17, 15) is 9.59 Å². The third kappa shape index (κ3) is 3.68. The molecule has 0 fully saturated rings. The van der Waals surface area contributed by atoms with E-state index in [0.717, 1.165) is 0 Å². The van der Waals surface area contributed by atoms with Gasteiger partial charge in [-0.1, -0.05) is 30.3 Å². The van der Waals surface area contributed by atoms with E-state index in [1.807, 2.05) is 18.2 Å². The molecule has 0 radical (unpaired) electrons. The molecule has 2 aromatic rings. The maximum Gasteiger partial charge on any atom is 0.293 e. The molecular formula is C16H14O4. The topological polar surface area (TPSA) is 52.6 Å². The fraction of sp³-hybridized carbons (Fsp3) is 0.125. The molecule has 0 spiro atoms. The second kappa shape index (κ2) is 7.09. The van der Waals surface area contributed by atoms with Crippen LogP contribution in [0.5, 0.6) is 5.75 Å². The molecule has 2 rings (SSSR count). The van der Waals surface area contributed by atoms with Crippen molar-refractivity contribution in [2.75, 3.05) is 13.2 Å². The molecule has 0 amide bonds. The van der Waals surface area contributed by atoms with Crippen LogP contribution in [0.4, 0.5) is 0 Å². The maximum absolute atomic E-state index is 12.2. The molecule has 4 heteroatoms. The van der Waals surface area contributed by atoms with Crippen molar-refractivity contribution in [3.8, 4) is 5.75 Å². The minimum absolute atomic E-state index is 0.0264. The van der Waals surface area contributed by atoms with Gasteiger partial charge in [0.25, 0.3) is 6.47 Å². The molecule has 0 aromatic heterocycles. The number of ketones is 1. The zero-order valence-corrected chi connectivity index (χ0v) is 10.8.